The van der Waals surface area contributed by atoms with Crippen LogP contribution in [0.15, 0.2) is 24.3 Å². The number of allylic oxidation sites excluding steroid dienone is 1. The van der Waals surface area contributed by atoms with Gasteiger partial charge in [0.2, 0.25) is 0 Å². The summed E-state index contributed by atoms with van der Waals surface area (Å²) in [5.41, 5.74) is 0.00185. The minimum atomic E-state index is -0.925. The van der Waals surface area contributed by atoms with Crippen molar-refractivity contribution in [2.45, 2.75) is 37.9 Å². The first-order valence-corrected chi connectivity index (χ1v) is 6.67. The van der Waals surface area contributed by atoms with E-state index in [-0.39, 0.29) is 30.0 Å². The van der Waals surface area contributed by atoms with Crippen molar-refractivity contribution in [1.82, 2.24) is 0 Å². The van der Waals surface area contributed by atoms with Gasteiger partial charge < -0.3 is 9.84 Å². The summed E-state index contributed by atoms with van der Waals surface area (Å²) < 4.78 is 5.41. The average molecular weight is 262 g/mol. The van der Waals surface area contributed by atoms with E-state index in [9.17, 15) is 14.7 Å². The van der Waals surface area contributed by atoms with Crippen LogP contribution in [0.5, 0.6) is 0 Å². The second-order valence-electron chi connectivity index (χ2n) is 6.18. The van der Waals surface area contributed by atoms with Crippen molar-refractivity contribution < 1.29 is 19.4 Å². The number of aliphatic hydroxyl groups is 1. The van der Waals surface area contributed by atoms with Crippen LogP contribution in [0.2, 0.25) is 0 Å². The molecule has 2 saturated carbocycles. The molecule has 0 radical (unpaired) electrons. The first kappa shape index (κ1) is 12.6. The molecule has 0 aromatic carbocycles. The molecule has 1 aliphatic heterocycles. The molecular weight excluding hydrogens is 244 g/mol. The summed E-state index contributed by atoms with van der Waals surface area (Å²) in [7, 11) is 0. The van der Waals surface area contributed by atoms with Gasteiger partial charge in [-0.2, -0.15) is 0 Å². The topological polar surface area (TPSA) is 63.6 Å². The summed E-state index contributed by atoms with van der Waals surface area (Å²) in [6.07, 6.45) is 1.10. The lowest BCUT2D eigenvalue weighted by Gasteiger charge is -2.33. The Balaban J connectivity index is 2.08. The molecule has 0 aromatic heterocycles. The van der Waals surface area contributed by atoms with E-state index in [4.69, 9.17) is 4.74 Å². The summed E-state index contributed by atoms with van der Waals surface area (Å²) in [4.78, 5) is 23.9. The fourth-order valence-corrected chi connectivity index (χ4v) is 3.93. The Bertz CT molecular complexity index is 502. The maximum Gasteiger partial charge on any atom is 0.334 e. The van der Waals surface area contributed by atoms with Crippen molar-refractivity contribution in [2.24, 2.45) is 17.8 Å². The normalized spacial score (nSPS) is 45.8. The highest BCUT2D eigenvalue weighted by molar-refractivity contribution is 5.99. The lowest BCUT2D eigenvalue weighted by Crippen LogP contribution is -2.42. The van der Waals surface area contributed by atoms with Gasteiger partial charge in [0.25, 0.3) is 0 Å². The summed E-state index contributed by atoms with van der Waals surface area (Å²) in [5, 5.41) is 10.6. The van der Waals surface area contributed by atoms with Gasteiger partial charge in [0.05, 0.1) is 5.60 Å². The van der Waals surface area contributed by atoms with E-state index in [1.54, 1.807) is 6.92 Å². The molecule has 1 N–H and O–H groups in total. The van der Waals surface area contributed by atoms with Gasteiger partial charge in [-0.05, 0) is 31.3 Å². The van der Waals surface area contributed by atoms with Gasteiger partial charge in [-0.1, -0.05) is 13.2 Å². The van der Waals surface area contributed by atoms with Crippen LogP contribution in [0.4, 0.5) is 0 Å². The molecular formula is C15H18O4. The summed E-state index contributed by atoms with van der Waals surface area (Å²) in [6, 6.07) is 0. The predicted molar refractivity (Wildman–Crippen MR) is 68.1 cm³/mol. The number of rotatable bonds is 0. The van der Waals surface area contributed by atoms with Crippen molar-refractivity contribution in [1.29, 1.82) is 0 Å². The lowest BCUT2D eigenvalue weighted by atomic mass is 9.77. The molecule has 3 aliphatic rings. The minimum absolute atomic E-state index is 0.0281. The summed E-state index contributed by atoms with van der Waals surface area (Å²) >= 11 is 0. The molecule has 4 heteroatoms. The van der Waals surface area contributed by atoms with Crippen LogP contribution < -0.4 is 0 Å². The van der Waals surface area contributed by atoms with E-state index >= 15 is 0 Å². The molecule has 19 heavy (non-hydrogen) atoms. The Hall–Kier alpha value is -1.42. The molecule has 3 unspecified atom stereocenters. The molecule has 1 heterocycles. The monoisotopic (exact) mass is 262 g/mol. The fourth-order valence-electron chi connectivity index (χ4n) is 3.93. The second kappa shape index (κ2) is 3.79. The number of Topliss-reactive ketones (excluding diaryl/α,β-unsaturated/α-hetero) is 1. The largest absolute Gasteiger partial charge is 0.458 e. The number of fused-ring (bicyclic) bond motifs is 3. The van der Waals surface area contributed by atoms with E-state index in [2.05, 4.69) is 13.2 Å². The third kappa shape index (κ3) is 1.62. The van der Waals surface area contributed by atoms with Crippen LogP contribution in [0.1, 0.15) is 26.2 Å². The number of ether oxygens (including phenoxy) is 1. The lowest BCUT2D eigenvalue weighted by molar-refractivity contribution is -0.146. The number of carbonyl (C=O) groups excluding carboxylic acids is 2. The van der Waals surface area contributed by atoms with Crippen LogP contribution in [0.3, 0.4) is 0 Å². The van der Waals surface area contributed by atoms with E-state index in [0.717, 1.165) is 6.42 Å². The Morgan fingerprint density at radius 2 is 1.95 bits per heavy atom. The third-order valence-electron chi connectivity index (χ3n) is 5.03. The number of hydrogen-bond acceptors (Lipinski definition) is 4. The first-order chi connectivity index (χ1) is 8.83. The molecule has 102 valence electrons. The van der Waals surface area contributed by atoms with Gasteiger partial charge in [0.1, 0.15) is 6.10 Å². The number of ketones is 1. The quantitative estimate of drug-likeness (QED) is 0.529. The highest BCUT2D eigenvalue weighted by Crippen LogP contribution is 2.53. The minimum Gasteiger partial charge on any atom is -0.458 e. The average Bonchev–Trinajstić information content (AvgIpc) is 2.75. The Labute approximate surface area is 112 Å². The maximum atomic E-state index is 12.2. The molecule has 0 spiro atoms. The molecule has 2 aliphatic carbocycles. The van der Waals surface area contributed by atoms with E-state index in [1.807, 2.05) is 0 Å². The molecule has 0 amide bonds. The second-order valence-corrected chi connectivity index (χ2v) is 6.18. The standard InChI is InChI=1S/C15H18O4/c1-7-9-4-5-15(3,18)12(9)13-10(6-11(7)16)8(2)14(17)19-13/h9-10,12-13,18H,1-2,4-6H2,3H3/t9?,10-,12?,13-,15?/m0/s1. The zero-order valence-corrected chi connectivity index (χ0v) is 11.0. The van der Waals surface area contributed by atoms with Crippen molar-refractivity contribution in [3.05, 3.63) is 24.3 Å². The molecule has 5 atom stereocenters. The van der Waals surface area contributed by atoms with Crippen molar-refractivity contribution >= 4 is 11.8 Å². The smallest absolute Gasteiger partial charge is 0.334 e. The molecule has 1 saturated heterocycles. The summed E-state index contributed by atoms with van der Waals surface area (Å²) in [6.45, 7) is 9.41. The van der Waals surface area contributed by atoms with Gasteiger partial charge in [-0.15, -0.1) is 0 Å². The van der Waals surface area contributed by atoms with Crippen LogP contribution >= 0.6 is 0 Å². The number of hydrogen-bond donors (Lipinski definition) is 1. The number of carbonyl (C=O) groups is 2. The molecule has 0 aromatic rings. The van der Waals surface area contributed by atoms with Crippen LogP contribution in [-0.2, 0) is 14.3 Å². The highest BCUT2D eigenvalue weighted by Gasteiger charge is 2.58. The Morgan fingerprint density at radius 1 is 1.26 bits per heavy atom. The van der Waals surface area contributed by atoms with E-state index in [1.165, 1.54) is 0 Å². The van der Waals surface area contributed by atoms with Gasteiger partial charge >= 0.3 is 5.97 Å². The van der Waals surface area contributed by atoms with Crippen molar-refractivity contribution in [3.8, 4) is 0 Å². The maximum absolute atomic E-state index is 12.2. The zero-order valence-electron chi connectivity index (χ0n) is 11.0. The third-order valence-corrected chi connectivity index (χ3v) is 5.03. The highest BCUT2D eigenvalue weighted by atomic mass is 16.6. The van der Waals surface area contributed by atoms with Gasteiger partial charge in [0.15, 0.2) is 5.78 Å². The van der Waals surface area contributed by atoms with Crippen molar-refractivity contribution in [2.75, 3.05) is 0 Å². The van der Waals surface area contributed by atoms with Crippen molar-refractivity contribution in [3.63, 3.8) is 0 Å². The molecule has 3 fully saturated rings. The van der Waals surface area contributed by atoms with Gasteiger partial charge in [-0.3, -0.25) is 4.79 Å². The zero-order chi connectivity index (χ0) is 13.9. The van der Waals surface area contributed by atoms with Crippen LogP contribution in [0.25, 0.3) is 0 Å². The first-order valence-electron chi connectivity index (χ1n) is 6.67. The van der Waals surface area contributed by atoms with E-state index in [0.29, 0.717) is 17.6 Å². The van der Waals surface area contributed by atoms with Crippen LogP contribution in [0, 0.1) is 17.8 Å². The molecule has 3 rings (SSSR count). The predicted octanol–water partition coefficient (Wildman–Crippen LogP) is 1.39. The Morgan fingerprint density at radius 3 is 2.63 bits per heavy atom. The van der Waals surface area contributed by atoms with Gasteiger partial charge in [0, 0.05) is 23.8 Å². The van der Waals surface area contributed by atoms with Crippen LogP contribution in [-0.4, -0.2) is 28.6 Å². The molecule has 4 nitrogen and oxygen atoms in total. The number of esters is 1. The fraction of sp³-hybridized carbons (Fsp3) is 0.600. The summed E-state index contributed by atoms with van der Waals surface area (Å²) in [5.74, 6) is -1.11. The van der Waals surface area contributed by atoms with E-state index < -0.39 is 17.7 Å². The Kier molecular flexibility index (Phi) is 2.52. The molecule has 0 bridgehead atoms. The SMILES string of the molecule is C=C1C(=O)C[C@H]2C(=C)C(=O)O[C@@H]2C2C1CCC2(C)O. The van der Waals surface area contributed by atoms with Gasteiger partial charge in [-0.25, -0.2) is 4.79 Å².